The molecule has 0 bridgehead atoms. The van der Waals surface area contributed by atoms with Gasteiger partial charge in [-0.25, -0.2) is 0 Å². The molecular weight excluding hydrogens is 464 g/mol. The van der Waals surface area contributed by atoms with Crippen molar-refractivity contribution in [1.82, 2.24) is 0 Å². The van der Waals surface area contributed by atoms with E-state index in [0.29, 0.717) is 0 Å². The third-order valence-corrected chi connectivity index (χ3v) is 7.17. The minimum Gasteiger partial charge on any atom is -0.496 e. The predicted molar refractivity (Wildman–Crippen MR) is 147 cm³/mol. The van der Waals surface area contributed by atoms with Gasteiger partial charge in [-0.2, -0.15) is 0 Å². The van der Waals surface area contributed by atoms with E-state index < -0.39 is 0 Å². The first-order valence-corrected chi connectivity index (χ1v) is 13.3. The fourth-order valence-electron chi connectivity index (χ4n) is 3.63. The van der Waals surface area contributed by atoms with Gasteiger partial charge in [-0.3, -0.25) is 0 Å². The molecule has 0 fully saturated rings. The molecule has 6 heteroatoms. The van der Waals surface area contributed by atoms with Crippen LogP contribution in [0.2, 0.25) is 0 Å². The maximum absolute atomic E-state index is 6.09. The Morgan fingerprint density at radius 3 is 1.26 bits per heavy atom. The van der Waals surface area contributed by atoms with Crippen LogP contribution in [-0.4, -0.2) is 26.4 Å². The Kier molecular flexibility index (Phi) is 8.86. The van der Waals surface area contributed by atoms with Gasteiger partial charge in [-0.15, -0.1) is 22.7 Å². The van der Waals surface area contributed by atoms with Crippen LogP contribution in [0.4, 0.5) is 0 Å². The average molecular weight is 499 g/mol. The first kappa shape index (κ1) is 25.9. The van der Waals surface area contributed by atoms with Crippen molar-refractivity contribution in [2.24, 2.45) is 0 Å². The van der Waals surface area contributed by atoms with Crippen LogP contribution in [-0.2, 0) is 0 Å². The highest BCUT2D eigenvalue weighted by molar-refractivity contribution is 7.31. The standard InChI is InChI=1S/C26H28O4S2.C2H6/c1-15(2)29-19-11-7-9-17(27-5)25(19)23-13-21-22(31-23)14-24(32-21)26-18(28-6)10-8-12-20(26)30-16(3)4;1-2/h7-16H,1-6H3;1-2H3. The van der Waals surface area contributed by atoms with E-state index in [1.165, 1.54) is 9.40 Å². The highest BCUT2D eigenvalue weighted by Gasteiger charge is 2.20. The molecule has 0 amide bonds. The summed E-state index contributed by atoms with van der Waals surface area (Å²) in [6, 6.07) is 16.3. The van der Waals surface area contributed by atoms with E-state index in [2.05, 4.69) is 12.1 Å². The monoisotopic (exact) mass is 498 g/mol. The van der Waals surface area contributed by atoms with Crippen LogP contribution in [0.1, 0.15) is 41.5 Å². The topological polar surface area (TPSA) is 36.9 Å². The first-order valence-electron chi connectivity index (χ1n) is 11.6. The van der Waals surface area contributed by atoms with Crippen LogP contribution in [0.3, 0.4) is 0 Å². The Bertz CT molecular complexity index is 1100. The molecule has 0 aliphatic heterocycles. The highest BCUT2D eigenvalue weighted by Crippen LogP contribution is 2.49. The maximum atomic E-state index is 6.09. The number of hydrogen-bond donors (Lipinski definition) is 0. The second-order valence-electron chi connectivity index (χ2n) is 7.95. The summed E-state index contributed by atoms with van der Waals surface area (Å²) in [5.74, 6) is 3.31. The van der Waals surface area contributed by atoms with Crippen LogP contribution >= 0.6 is 22.7 Å². The van der Waals surface area contributed by atoms with Gasteiger partial charge in [-0.05, 0) is 64.1 Å². The van der Waals surface area contributed by atoms with E-state index in [1.807, 2.05) is 77.9 Å². The summed E-state index contributed by atoms with van der Waals surface area (Å²) in [6.45, 7) is 12.1. The molecule has 4 nitrogen and oxygen atoms in total. The minimum atomic E-state index is 0.0819. The Labute approximate surface area is 211 Å². The minimum absolute atomic E-state index is 0.0819. The van der Waals surface area contributed by atoms with Crippen LogP contribution in [0.25, 0.3) is 30.3 Å². The second kappa shape index (κ2) is 11.6. The maximum Gasteiger partial charge on any atom is 0.132 e. The largest absolute Gasteiger partial charge is 0.496 e. The molecule has 0 saturated heterocycles. The van der Waals surface area contributed by atoms with E-state index in [4.69, 9.17) is 18.9 Å². The quantitative estimate of drug-likeness (QED) is 0.243. The number of ether oxygens (including phenoxy) is 4. The lowest BCUT2D eigenvalue weighted by Crippen LogP contribution is -2.06. The molecular formula is C28H34O4S2. The van der Waals surface area contributed by atoms with E-state index in [0.717, 1.165) is 43.9 Å². The molecule has 2 aromatic carbocycles. The van der Waals surface area contributed by atoms with Gasteiger partial charge in [-0.1, -0.05) is 26.0 Å². The second-order valence-corrected chi connectivity index (χ2v) is 10.1. The van der Waals surface area contributed by atoms with Gasteiger partial charge in [0.15, 0.2) is 0 Å². The van der Waals surface area contributed by atoms with Gasteiger partial charge >= 0.3 is 0 Å². The van der Waals surface area contributed by atoms with Crippen molar-refractivity contribution < 1.29 is 18.9 Å². The third kappa shape index (κ3) is 5.50. The van der Waals surface area contributed by atoms with Gasteiger partial charge in [0.1, 0.15) is 23.0 Å². The molecule has 2 heterocycles. The van der Waals surface area contributed by atoms with Crippen LogP contribution < -0.4 is 18.9 Å². The van der Waals surface area contributed by atoms with Crippen molar-refractivity contribution in [3.63, 3.8) is 0 Å². The molecule has 0 spiro atoms. The summed E-state index contributed by atoms with van der Waals surface area (Å²) < 4.78 is 25.9. The SMILES string of the molecule is CC.COc1cccc(OC(C)C)c1-c1cc2sc(-c3c(OC)cccc3OC(C)C)cc2s1. The number of fused-ring (bicyclic) bond motifs is 1. The first-order chi connectivity index (χ1) is 16.4. The zero-order valence-electron chi connectivity index (χ0n) is 21.2. The molecule has 0 unspecified atom stereocenters. The summed E-state index contributed by atoms with van der Waals surface area (Å²) in [5, 5.41) is 0. The number of hydrogen-bond acceptors (Lipinski definition) is 6. The summed E-state index contributed by atoms with van der Waals surface area (Å²) >= 11 is 3.48. The lowest BCUT2D eigenvalue weighted by atomic mass is 10.1. The van der Waals surface area contributed by atoms with Gasteiger partial charge in [0.25, 0.3) is 0 Å². The number of rotatable bonds is 8. The number of benzene rings is 2. The Morgan fingerprint density at radius 1 is 0.588 bits per heavy atom. The number of thiophene rings is 2. The lowest BCUT2D eigenvalue weighted by Gasteiger charge is -2.16. The van der Waals surface area contributed by atoms with Crippen molar-refractivity contribution in [1.29, 1.82) is 0 Å². The smallest absolute Gasteiger partial charge is 0.132 e. The Morgan fingerprint density at radius 2 is 0.941 bits per heavy atom. The van der Waals surface area contributed by atoms with E-state index in [9.17, 15) is 0 Å². The molecule has 0 atom stereocenters. The molecule has 34 heavy (non-hydrogen) atoms. The average Bonchev–Trinajstić information content (AvgIpc) is 3.38. The van der Waals surface area contributed by atoms with Crippen molar-refractivity contribution >= 4 is 32.1 Å². The molecule has 0 N–H and O–H groups in total. The summed E-state index contributed by atoms with van der Waals surface area (Å²) in [5.41, 5.74) is 2.00. The molecule has 4 rings (SSSR count). The molecule has 4 aromatic rings. The summed E-state index contributed by atoms with van der Waals surface area (Å²) in [7, 11) is 3.40. The van der Waals surface area contributed by atoms with Crippen molar-refractivity contribution in [2.45, 2.75) is 53.8 Å². The molecule has 0 aliphatic carbocycles. The van der Waals surface area contributed by atoms with Crippen molar-refractivity contribution in [3.05, 3.63) is 48.5 Å². The highest BCUT2D eigenvalue weighted by atomic mass is 32.1. The van der Waals surface area contributed by atoms with Gasteiger partial charge in [0, 0.05) is 19.2 Å². The fourth-order valence-corrected chi connectivity index (χ4v) is 6.14. The van der Waals surface area contributed by atoms with E-state index >= 15 is 0 Å². The third-order valence-electron chi connectivity index (χ3n) is 4.84. The Hall–Kier alpha value is -2.70. The van der Waals surface area contributed by atoms with Crippen molar-refractivity contribution in [3.8, 4) is 43.9 Å². The normalized spacial score (nSPS) is 10.9. The molecule has 2 aromatic heterocycles. The molecule has 0 radical (unpaired) electrons. The van der Waals surface area contributed by atoms with Gasteiger partial charge < -0.3 is 18.9 Å². The number of methoxy groups -OCH3 is 2. The molecule has 0 saturated carbocycles. The van der Waals surface area contributed by atoms with E-state index in [-0.39, 0.29) is 12.2 Å². The van der Waals surface area contributed by atoms with Crippen LogP contribution in [0.15, 0.2) is 48.5 Å². The zero-order chi connectivity index (χ0) is 24.8. The predicted octanol–water partition coefficient (Wildman–Crippen LogP) is 8.91. The van der Waals surface area contributed by atoms with Crippen molar-refractivity contribution in [2.75, 3.05) is 14.2 Å². The van der Waals surface area contributed by atoms with Gasteiger partial charge in [0.2, 0.25) is 0 Å². The van der Waals surface area contributed by atoms with Crippen LogP contribution in [0, 0.1) is 0 Å². The molecule has 0 aliphatic rings. The zero-order valence-corrected chi connectivity index (χ0v) is 22.9. The van der Waals surface area contributed by atoms with Crippen LogP contribution in [0.5, 0.6) is 23.0 Å². The summed E-state index contributed by atoms with van der Waals surface area (Å²) in [6.07, 6.45) is 0.164. The molecule has 182 valence electrons. The summed E-state index contributed by atoms with van der Waals surface area (Å²) in [4.78, 5) is 2.26. The fraction of sp³-hybridized carbons (Fsp3) is 0.357. The van der Waals surface area contributed by atoms with Gasteiger partial charge in [0.05, 0.1) is 37.6 Å². The van der Waals surface area contributed by atoms with E-state index in [1.54, 1.807) is 36.9 Å². The Balaban J connectivity index is 0.00000158. The lowest BCUT2D eigenvalue weighted by molar-refractivity contribution is 0.242.